The van der Waals surface area contributed by atoms with Crippen LogP contribution < -0.4 is 5.32 Å². The Morgan fingerprint density at radius 2 is 2.07 bits per heavy atom. The van der Waals surface area contributed by atoms with Crippen molar-refractivity contribution in [2.45, 2.75) is 19.4 Å². The van der Waals surface area contributed by atoms with Gasteiger partial charge in [0.2, 0.25) is 0 Å². The molecule has 1 fully saturated rings. The van der Waals surface area contributed by atoms with Crippen LogP contribution >= 0.6 is 39.9 Å². The molecule has 154 valence electrons. The van der Waals surface area contributed by atoms with Crippen LogP contribution in [0, 0.1) is 5.82 Å². The van der Waals surface area contributed by atoms with Crippen molar-refractivity contribution >= 4 is 45.9 Å². The van der Waals surface area contributed by atoms with Crippen LogP contribution in [0.25, 0.3) is 0 Å². The lowest BCUT2D eigenvalue weighted by Crippen LogP contribution is -2.52. The van der Waals surface area contributed by atoms with Crippen LogP contribution in [0.2, 0.25) is 0 Å². The first-order valence-corrected chi connectivity index (χ1v) is 9.96. The number of halogens is 3. The Kier molecular flexibility index (Phi) is 9.66. The second-order valence-corrected chi connectivity index (χ2v) is 7.48. The summed E-state index contributed by atoms with van der Waals surface area (Å²) in [5, 5.41) is 7.37. The first-order valence-electron chi connectivity index (χ1n) is 9.17. The van der Waals surface area contributed by atoms with Gasteiger partial charge >= 0.3 is 0 Å². The van der Waals surface area contributed by atoms with Gasteiger partial charge in [-0.2, -0.15) is 0 Å². The third-order valence-electron chi connectivity index (χ3n) is 4.68. The lowest BCUT2D eigenvalue weighted by molar-refractivity contribution is 0.169. The van der Waals surface area contributed by atoms with E-state index in [9.17, 15) is 4.39 Å². The number of rotatable bonds is 6. The highest BCUT2D eigenvalue weighted by Gasteiger charge is 2.20. The lowest BCUT2D eigenvalue weighted by atomic mass is 10.1. The molecule has 1 N–H and O–H groups in total. The smallest absolute Gasteiger partial charge is 0.193 e. The Balaban J connectivity index is 0.00000280. The zero-order valence-corrected chi connectivity index (χ0v) is 19.8. The maximum Gasteiger partial charge on any atom is 0.193 e. The lowest BCUT2D eigenvalue weighted by Gasteiger charge is -2.36. The highest BCUT2D eigenvalue weighted by molar-refractivity contribution is 14.0. The van der Waals surface area contributed by atoms with Gasteiger partial charge in [-0.1, -0.05) is 27.2 Å². The first-order chi connectivity index (χ1) is 13.2. The maximum absolute atomic E-state index is 13.9. The Morgan fingerprint density at radius 1 is 1.29 bits per heavy atom. The van der Waals surface area contributed by atoms with Crippen LogP contribution in [0.5, 0.6) is 0 Å². The number of aliphatic imine (C=N–C) groups is 1. The van der Waals surface area contributed by atoms with Gasteiger partial charge in [-0.25, -0.2) is 4.39 Å². The van der Waals surface area contributed by atoms with Crippen molar-refractivity contribution in [1.29, 1.82) is 0 Å². The summed E-state index contributed by atoms with van der Waals surface area (Å²) in [6.07, 6.45) is 3.16. The van der Waals surface area contributed by atoms with Gasteiger partial charge in [0.25, 0.3) is 0 Å². The monoisotopic (exact) mass is 565 g/mol. The average molecular weight is 566 g/mol. The number of hydrogen-bond acceptors (Lipinski definition) is 4. The summed E-state index contributed by atoms with van der Waals surface area (Å²) in [6.45, 7) is 5.32. The molecule has 1 aliphatic rings. The summed E-state index contributed by atoms with van der Waals surface area (Å²) in [5.41, 5.74) is 1.71. The van der Waals surface area contributed by atoms with Gasteiger partial charge in [0, 0.05) is 56.9 Å². The van der Waals surface area contributed by atoms with E-state index in [4.69, 9.17) is 4.52 Å². The second kappa shape index (κ2) is 11.7. The highest BCUT2D eigenvalue weighted by atomic mass is 127. The molecule has 2 heterocycles. The van der Waals surface area contributed by atoms with Crippen LogP contribution in [0.4, 0.5) is 4.39 Å². The van der Waals surface area contributed by atoms with E-state index in [1.807, 2.05) is 18.2 Å². The zero-order valence-electron chi connectivity index (χ0n) is 15.9. The van der Waals surface area contributed by atoms with Crippen LogP contribution in [0.3, 0.4) is 0 Å². The molecule has 0 radical (unpaired) electrons. The van der Waals surface area contributed by atoms with E-state index in [0.29, 0.717) is 6.42 Å². The minimum atomic E-state index is -0.156. The van der Waals surface area contributed by atoms with Gasteiger partial charge in [-0.3, -0.25) is 9.89 Å². The fourth-order valence-electron chi connectivity index (χ4n) is 3.20. The maximum atomic E-state index is 13.9. The number of nitrogens with zero attached hydrogens (tertiary/aromatic N) is 4. The van der Waals surface area contributed by atoms with Crippen LogP contribution in [0.15, 0.2) is 44.5 Å². The number of nitrogens with one attached hydrogen (secondary N) is 1. The molecule has 28 heavy (non-hydrogen) atoms. The zero-order chi connectivity index (χ0) is 19.1. The fourth-order valence-corrected chi connectivity index (χ4v) is 3.53. The molecule has 9 heteroatoms. The van der Waals surface area contributed by atoms with Gasteiger partial charge in [0.15, 0.2) is 5.96 Å². The summed E-state index contributed by atoms with van der Waals surface area (Å²) < 4.78 is 19.5. The quantitative estimate of drug-likeness (QED) is 0.251. The summed E-state index contributed by atoms with van der Waals surface area (Å²) >= 11 is 3.29. The van der Waals surface area contributed by atoms with Crippen LogP contribution in [-0.4, -0.2) is 60.7 Å². The number of piperazine rings is 1. The molecule has 0 unspecified atom stereocenters. The standard InChI is InChI=1S/C19H25BrFN5O.HI/c1-22-19(23-7-2-3-15-4-5-16(20)13-18(15)21)26-10-8-25(9-11-26)14-17-6-12-27-24-17;/h4-6,12-13H,2-3,7-11,14H2,1H3,(H,22,23);1H. The molecule has 0 spiro atoms. The van der Waals surface area contributed by atoms with E-state index in [-0.39, 0.29) is 29.8 Å². The number of aromatic nitrogens is 1. The van der Waals surface area contributed by atoms with Crippen LogP contribution in [-0.2, 0) is 13.0 Å². The van der Waals surface area contributed by atoms with E-state index >= 15 is 0 Å². The minimum Gasteiger partial charge on any atom is -0.364 e. The number of hydrogen-bond donors (Lipinski definition) is 1. The molecule has 1 aromatic carbocycles. The molecule has 0 atom stereocenters. The van der Waals surface area contributed by atoms with E-state index < -0.39 is 0 Å². The summed E-state index contributed by atoms with van der Waals surface area (Å²) in [7, 11) is 1.80. The largest absolute Gasteiger partial charge is 0.364 e. The van der Waals surface area contributed by atoms with E-state index in [2.05, 4.69) is 41.2 Å². The average Bonchev–Trinajstić information content (AvgIpc) is 3.17. The van der Waals surface area contributed by atoms with E-state index in [1.165, 1.54) is 6.07 Å². The molecular formula is C19H26BrFIN5O. The van der Waals surface area contributed by atoms with E-state index in [0.717, 1.165) is 67.4 Å². The van der Waals surface area contributed by atoms with Crippen molar-refractivity contribution in [2.24, 2.45) is 4.99 Å². The molecular weight excluding hydrogens is 540 g/mol. The van der Waals surface area contributed by atoms with Gasteiger partial charge in [0.1, 0.15) is 12.1 Å². The Morgan fingerprint density at radius 3 is 2.71 bits per heavy atom. The summed E-state index contributed by atoms with van der Waals surface area (Å²) in [5.74, 6) is 0.754. The Bertz CT molecular complexity index is 751. The molecule has 3 rings (SSSR count). The van der Waals surface area contributed by atoms with Gasteiger partial charge in [0.05, 0.1) is 5.69 Å². The first kappa shape index (κ1) is 23.1. The second-order valence-electron chi connectivity index (χ2n) is 6.57. The van der Waals surface area contributed by atoms with Crippen molar-refractivity contribution in [3.8, 4) is 0 Å². The molecule has 2 aromatic rings. The predicted octanol–water partition coefficient (Wildman–Crippen LogP) is 3.52. The van der Waals surface area contributed by atoms with Crippen molar-refractivity contribution in [3.05, 3.63) is 52.1 Å². The molecule has 0 bridgehead atoms. The van der Waals surface area contributed by atoms with Crippen molar-refractivity contribution in [2.75, 3.05) is 39.8 Å². The number of aryl methyl sites for hydroxylation is 1. The SMILES string of the molecule is CN=C(NCCCc1ccc(Br)cc1F)N1CCN(Cc2ccon2)CC1.I. The number of benzene rings is 1. The molecule has 0 saturated carbocycles. The molecule has 0 aliphatic carbocycles. The Hall–Kier alpha value is -1.20. The summed E-state index contributed by atoms with van der Waals surface area (Å²) in [6, 6.07) is 7.13. The molecule has 1 saturated heterocycles. The topological polar surface area (TPSA) is 56.9 Å². The molecule has 1 aromatic heterocycles. The third kappa shape index (κ3) is 6.70. The van der Waals surface area contributed by atoms with Gasteiger partial charge in [-0.15, -0.1) is 24.0 Å². The van der Waals surface area contributed by atoms with Crippen molar-refractivity contribution in [3.63, 3.8) is 0 Å². The summed E-state index contributed by atoms with van der Waals surface area (Å²) in [4.78, 5) is 9.01. The predicted molar refractivity (Wildman–Crippen MR) is 123 cm³/mol. The van der Waals surface area contributed by atoms with Crippen molar-refractivity contribution in [1.82, 2.24) is 20.3 Å². The molecule has 6 nitrogen and oxygen atoms in total. The molecule has 1 aliphatic heterocycles. The van der Waals surface area contributed by atoms with Crippen LogP contribution in [0.1, 0.15) is 17.7 Å². The highest BCUT2D eigenvalue weighted by Crippen LogP contribution is 2.16. The third-order valence-corrected chi connectivity index (χ3v) is 5.17. The fraction of sp³-hybridized carbons (Fsp3) is 0.474. The van der Waals surface area contributed by atoms with Crippen molar-refractivity contribution < 1.29 is 8.91 Å². The Labute approximate surface area is 190 Å². The van der Waals surface area contributed by atoms with Gasteiger partial charge < -0.3 is 14.7 Å². The normalized spacial score (nSPS) is 15.4. The minimum absolute atomic E-state index is 0. The number of guanidine groups is 1. The molecule has 0 amide bonds. The van der Waals surface area contributed by atoms with Gasteiger partial charge in [-0.05, 0) is 30.5 Å². The van der Waals surface area contributed by atoms with E-state index in [1.54, 1.807) is 13.3 Å².